The Bertz CT molecular complexity index is 1150. The molecule has 0 bridgehead atoms. The van der Waals surface area contributed by atoms with Gasteiger partial charge in [0.15, 0.2) is 5.75 Å². The molecule has 32 heavy (non-hydrogen) atoms. The van der Waals surface area contributed by atoms with Crippen LogP contribution in [-0.4, -0.2) is 56.4 Å². The molecule has 0 unspecified atom stereocenters. The molecule has 0 fully saturated rings. The molecule has 170 valence electrons. The minimum Gasteiger partial charge on any atom is -0.490 e. The Hall–Kier alpha value is -3.84. The number of rotatable bonds is 9. The first-order valence-electron chi connectivity index (χ1n) is 9.03. The monoisotopic (exact) mass is 463 g/mol. The van der Waals surface area contributed by atoms with Crippen molar-refractivity contribution in [2.24, 2.45) is 5.10 Å². The number of ether oxygens (including phenoxy) is 1. The zero-order chi connectivity index (χ0) is 23.9. The Labute approximate surface area is 184 Å². The van der Waals surface area contributed by atoms with Gasteiger partial charge in [-0.05, 0) is 36.4 Å². The number of nitrogens with one attached hydrogen (secondary N) is 2. The number of nitro groups is 1. The van der Waals surface area contributed by atoms with Crippen LogP contribution in [-0.2, 0) is 19.6 Å². The molecule has 0 radical (unpaired) electrons. The van der Waals surface area contributed by atoms with E-state index in [2.05, 4.69) is 15.8 Å². The third-order valence-electron chi connectivity index (χ3n) is 4.05. The molecule has 2 aromatic rings. The highest BCUT2D eigenvalue weighted by atomic mass is 32.2. The summed E-state index contributed by atoms with van der Waals surface area (Å²) >= 11 is 0. The Morgan fingerprint density at radius 1 is 1.22 bits per heavy atom. The number of sulfonamides is 1. The molecule has 13 heteroatoms. The smallest absolute Gasteiger partial charge is 0.311 e. The number of amides is 2. The molecular formula is C19H21N5O7S. The molecule has 2 aromatic carbocycles. The molecule has 0 heterocycles. The SMILES string of the molecule is COc1ccc(/C=N\NC(=O)CN(C)S(=O)(=O)c2ccc(NC(C)=O)cc2)cc1[N+](=O)[O-]. The second-order valence-corrected chi connectivity index (χ2v) is 8.49. The van der Waals surface area contributed by atoms with Gasteiger partial charge in [-0.1, -0.05) is 0 Å². The number of likely N-dealkylation sites (N-methyl/N-ethyl adjacent to an activating group) is 1. The van der Waals surface area contributed by atoms with Gasteiger partial charge in [0.1, 0.15) is 0 Å². The first-order valence-corrected chi connectivity index (χ1v) is 10.5. The fourth-order valence-electron chi connectivity index (χ4n) is 2.52. The van der Waals surface area contributed by atoms with Crippen LogP contribution in [0.15, 0.2) is 52.5 Å². The van der Waals surface area contributed by atoms with E-state index < -0.39 is 27.4 Å². The van der Waals surface area contributed by atoms with Gasteiger partial charge < -0.3 is 10.1 Å². The van der Waals surface area contributed by atoms with Gasteiger partial charge >= 0.3 is 5.69 Å². The third-order valence-corrected chi connectivity index (χ3v) is 5.87. The van der Waals surface area contributed by atoms with E-state index in [0.717, 1.165) is 4.31 Å². The average Bonchev–Trinajstić information content (AvgIpc) is 2.73. The molecule has 0 aliphatic carbocycles. The standard InChI is InChI=1S/C19H21N5O7S/c1-13(25)21-15-5-7-16(8-6-15)32(29,30)23(2)12-19(26)22-20-11-14-4-9-18(31-3)17(10-14)24(27)28/h4-11H,12H2,1-3H3,(H,21,25)(H,22,26)/b20-11-. The van der Waals surface area contributed by atoms with E-state index in [1.807, 2.05) is 0 Å². The fourth-order valence-corrected chi connectivity index (χ4v) is 3.65. The normalized spacial score (nSPS) is 11.4. The van der Waals surface area contributed by atoms with Crippen LogP contribution in [0.5, 0.6) is 5.75 Å². The van der Waals surface area contributed by atoms with Crippen LogP contribution in [0.1, 0.15) is 12.5 Å². The van der Waals surface area contributed by atoms with Gasteiger partial charge in [-0.15, -0.1) is 0 Å². The van der Waals surface area contributed by atoms with E-state index >= 15 is 0 Å². The van der Waals surface area contributed by atoms with Crippen molar-refractivity contribution in [1.29, 1.82) is 0 Å². The third kappa shape index (κ3) is 6.33. The highest BCUT2D eigenvalue weighted by Crippen LogP contribution is 2.26. The van der Waals surface area contributed by atoms with Crippen molar-refractivity contribution in [2.45, 2.75) is 11.8 Å². The van der Waals surface area contributed by atoms with Crippen molar-refractivity contribution in [3.05, 3.63) is 58.1 Å². The number of hydrogen-bond donors (Lipinski definition) is 2. The highest BCUT2D eigenvalue weighted by Gasteiger charge is 2.23. The second kappa shape index (κ2) is 10.5. The minimum atomic E-state index is -3.96. The maximum atomic E-state index is 12.6. The van der Waals surface area contributed by atoms with Gasteiger partial charge in [0.05, 0.1) is 29.7 Å². The fraction of sp³-hybridized carbons (Fsp3) is 0.211. The largest absolute Gasteiger partial charge is 0.490 e. The first kappa shape index (κ1) is 24.4. The van der Waals surface area contributed by atoms with Crippen LogP contribution in [0.2, 0.25) is 0 Å². The summed E-state index contributed by atoms with van der Waals surface area (Å²) in [5.74, 6) is -0.933. The Morgan fingerprint density at radius 2 is 1.88 bits per heavy atom. The number of hydrazone groups is 1. The summed E-state index contributed by atoms with van der Waals surface area (Å²) < 4.78 is 30.9. The molecule has 0 saturated heterocycles. The summed E-state index contributed by atoms with van der Waals surface area (Å²) in [6.07, 6.45) is 1.18. The topological polar surface area (TPSA) is 160 Å². The van der Waals surface area contributed by atoms with E-state index in [0.29, 0.717) is 11.3 Å². The van der Waals surface area contributed by atoms with Crippen molar-refractivity contribution >= 4 is 39.4 Å². The van der Waals surface area contributed by atoms with Crippen LogP contribution < -0.4 is 15.5 Å². The predicted octanol–water partition coefficient (Wildman–Crippen LogP) is 1.33. The Balaban J connectivity index is 2.01. The number of anilines is 1. The molecule has 0 aliphatic heterocycles. The lowest BCUT2D eigenvalue weighted by Crippen LogP contribution is -2.36. The molecule has 0 aliphatic rings. The van der Waals surface area contributed by atoms with E-state index in [1.165, 1.54) is 69.8 Å². The van der Waals surface area contributed by atoms with E-state index in [4.69, 9.17) is 4.74 Å². The number of carbonyl (C=O) groups excluding carboxylic acids is 2. The van der Waals surface area contributed by atoms with E-state index in [9.17, 15) is 28.1 Å². The molecule has 0 aromatic heterocycles. The summed E-state index contributed by atoms with van der Waals surface area (Å²) in [5, 5.41) is 17.3. The number of carbonyl (C=O) groups is 2. The van der Waals surface area contributed by atoms with Gasteiger partial charge in [-0.25, -0.2) is 13.8 Å². The highest BCUT2D eigenvalue weighted by molar-refractivity contribution is 7.89. The van der Waals surface area contributed by atoms with Gasteiger partial charge in [0.25, 0.3) is 5.91 Å². The van der Waals surface area contributed by atoms with E-state index in [1.54, 1.807) is 0 Å². The van der Waals surface area contributed by atoms with Gasteiger partial charge in [0, 0.05) is 31.3 Å². The molecule has 12 nitrogen and oxygen atoms in total. The molecule has 0 spiro atoms. The lowest BCUT2D eigenvalue weighted by Gasteiger charge is -2.16. The molecule has 0 atom stereocenters. The van der Waals surface area contributed by atoms with Crippen molar-refractivity contribution in [3.8, 4) is 5.75 Å². The van der Waals surface area contributed by atoms with Crippen LogP contribution in [0.3, 0.4) is 0 Å². The zero-order valence-corrected chi connectivity index (χ0v) is 18.3. The van der Waals surface area contributed by atoms with Crippen molar-refractivity contribution in [2.75, 3.05) is 26.0 Å². The molecule has 0 saturated carbocycles. The van der Waals surface area contributed by atoms with E-state index in [-0.39, 0.29) is 22.2 Å². The first-order chi connectivity index (χ1) is 15.0. The van der Waals surface area contributed by atoms with Gasteiger partial charge in [-0.3, -0.25) is 19.7 Å². The Morgan fingerprint density at radius 3 is 2.44 bits per heavy atom. The number of nitro benzene ring substituents is 1. The van der Waals surface area contributed by atoms with Crippen LogP contribution in [0.25, 0.3) is 0 Å². The number of benzene rings is 2. The summed E-state index contributed by atoms with van der Waals surface area (Å²) in [4.78, 5) is 33.5. The van der Waals surface area contributed by atoms with Crippen molar-refractivity contribution in [3.63, 3.8) is 0 Å². The summed E-state index contributed by atoms with van der Waals surface area (Å²) in [7, 11) is -1.43. The van der Waals surface area contributed by atoms with Crippen LogP contribution in [0.4, 0.5) is 11.4 Å². The summed E-state index contributed by atoms with van der Waals surface area (Å²) in [6.45, 7) is 0.811. The van der Waals surface area contributed by atoms with Gasteiger partial charge in [0.2, 0.25) is 15.9 Å². The lowest BCUT2D eigenvalue weighted by molar-refractivity contribution is -0.385. The predicted molar refractivity (Wildman–Crippen MR) is 116 cm³/mol. The number of methoxy groups -OCH3 is 1. The number of nitrogens with zero attached hydrogens (tertiary/aromatic N) is 3. The quantitative estimate of drug-likeness (QED) is 0.322. The average molecular weight is 463 g/mol. The molecule has 2 amide bonds. The lowest BCUT2D eigenvalue weighted by atomic mass is 10.2. The van der Waals surface area contributed by atoms with Crippen LogP contribution in [0, 0.1) is 10.1 Å². The maximum absolute atomic E-state index is 12.6. The second-order valence-electron chi connectivity index (χ2n) is 6.45. The number of hydrogen-bond acceptors (Lipinski definition) is 8. The van der Waals surface area contributed by atoms with Crippen molar-refractivity contribution in [1.82, 2.24) is 9.73 Å². The summed E-state index contributed by atoms with van der Waals surface area (Å²) in [5.41, 5.74) is 2.67. The molecular weight excluding hydrogens is 442 g/mol. The summed E-state index contributed by atoms with van der Waals surface area (Å²) in [6, 6.07) is 9.59. The van der Waals surface area contributed by atoms with Gasteiger partial charge in [-0.2, -0.15) is 9.41 Å². The molecule has 2 rings (SSSR count). The zero-order valence-electron chi connectivity index (χ0n) is 17.4. The maximum Gasteiger partial charge on any atom is 0.311 e. The molecule has 2 N–H and O–H groups in total. The Kier molecular flexibility index (Phi) is 7.98. The minimum absolute atomic E-state index is 0.0593. The van der Waals surface area contributed by atoms with Crippen LogP contribution >= 0.6 is 0 Å². The van der Waals surface area contributed by atoms with Crippen molar-refractivity contribution < 1.29 is 27.7 Å².